The highest BCUT2D eigenvalue weighted by Crippen LogP contribution is 2.23. The second-order valence-electron chi connectivity index (χ2n) is 5.43. The summed E-state index contributed by atoms with van der Waals surface area (Å²) in [5.41, 5.74) is 1.14. The number of pyridine rings is 1. The Morgan fingerprint density at radius 1 is 1.19 bits per heavy atom. The first kappa shape index (κ1) is 21.0. The zero-order valence-electron chi connectivity index (χ0n) is 14.2. The van der Waals surface area contributed by atoms with Crippen molar-refractivity contribution in [1.82, 2.24) is 4.98 Å². The molecule has 0 spiro atoms. The fraction of sp³-hybridized carbons (Fsp3) is 0.222. The minimum Gasteiger partial charge on any atom is -0.451 e. The average molecular weight is 427 g/mol. The van der Waals surface area contributed by atoms with Gasteiger partial charge in [-0.25, -0.2) is 9.78 Å². The summed E-state index contributed by atoms with van der Waals surface area (Å²) in [5, 5.41) is 9.53. The van der Waals surface area contributed by atoms with E-state index in [4.69, 9.17) is 44.8 Å². The molecule has 0 aliphatic heterocycles. The Hall–Kier alpha value is -2.33. The molecule has 0 unspecified atom stereocenters. The van der Waals surface area contributed by atoms with Crippen LogP contribution in [-0.4, -0.2) is 30.0 Å². The van der Waals surface area contributed by atoms with Crippen LogP contribution in [0.25, 0.3) is 0 Å². The van der Waals surface area contributed by atoms with Gasteiger partial charge in [-0.3, -0.25) is 4.79 Å². The van der Waals surface area contributed by atoms with Gasteiger partial charge in [-0.15, -0.1) is 0 Å². The van der Waals surface area contributed by atoms with Crippen molar-refractivity contribution < 1.29 is 14.3 Å². The first-order valence-electron chi connectivity index (χ1n) is 7.76. The highest BCUT2D eigenvalue weighted by molar-refractivity contribution is 6.34. The van der Waals surface area contributed by atoms with E-state index in [0.717, 1.165) is 5.56 Å². The Kier molecular flexibility index (Phi) is 7.43. The number of rotatable bonds is 6. The molecule has 1 aromatic heterocycles. The van der Waals surface area contributed by atoms with Crippen LogP contribution in [0.4, 0.5) is 5.69 Å². The van der Waals surface area contributed by atoms with Crippen LogP contribution >= 0.6 is 34.8 Å². The van der Waals surface area contributed by atoms with Crippen LogP contribution in [0.15, 0.2) is 30.3 Å². The molecule has 1 heterocycles. The third-order valence-corrected chi connectivity index (χ3v) is 4.47. The zero-order chi connectivity index (χ0) is 20.0. The molecule has 140 valence electrons. The number of benzene rings is 1. The van der Waals surface area contributed by atoms with Crippen LogP contribution in [0.5, 0.6) is 0 Å². The van der Waals surface area contributed by atoms with Gasteiger partial charge in [0, 0.05) is 17.3 Å². The fourth-order valence-electron chi connectivity index (χ4n) is 2.19. The molecule has 0 atom stereocenters. The number of ether oxygens (including phenoxy) is 1. The van der Waals surface area contributed by atoms with Crippen LogP contribution in [-0.2, 0) is 9.53 Å². The van der Waals surface area contributed by atoms with Crippen LogP contribution in [0.3, 0.4) is 0 Å². The van der Waals surface area contributed by atoms with E-state index in [1.54, 1.807) is 25.1 Å². The molecular formula is C18H14Cl3N3O3. The highest BCUT2D eigenvalue weighted by atomic mass is 35.5. The second-order valence-corrected chi connectivity index (χ2v) is 6.63. The molecule has 27 heavy (non-hydrogen) atoms. The average Bonchev–Trinajstić information content (AvgIpc) is 2.64. The number of hydrogen-bond donors (Lipinski definition) is 0. The van der Waals surface area contributed by atoms with Crippen molar-refractivity contribution in [2.45, 2.75) is 13.3 Å². The monoisotopic (exact) mass is 425 g/mol. The molecule has 1 amide bonds. The van der Waals surface area contributed by atoms with E-state index in [1.165, 1.54) is 17.0 Å². The topological polar surface area (TPSA) is 83.3 Å². The predicted octanol–water partition coefficient (Wildman–Crippen LogP) is 4.45. The van der Waals surface area contributed by atoms with E-state index in [-0.39, 0.29) is 28.8 Å². The van der Waals surface area contributed by atoms with Crippen molar-refractivity contribution in [2.75, 3.05) is 18.1 Å². The third-order valence-electron chi connectivity index (χ3n) is 3.53. The zero-order valence-corrected chi connectivity index (χ0v) is 16.5. The number of esters is 1. The number of anilines is 1. The summed E-state index contributed by atoms with van der Waals surface area (Å²) in [6.07, 6.45) is 0.114. The maximum absolute atomic E-state index is 12.6. The third kappa shape index (κ3) is 5.57. The molecule has 9 heteroatoms. The lowest BCUT2D eigenvalue weighted by molar-refractivity contribution is -0.121. The van der Waals surface area contributed by atoms with E-state index < -0.39 is 18.5 Å². The maximum Gasteiger partial charge on any atom is 0.359 e. The number of halogens is 3. The quantitative estimate of drug-likeness (QED) is 0.503. The van der Waals surface area contributed by atoms with Gasteiger partial charge in [0.25, 0.3) is 5.91 Å². The number of carbonyl (C=O) groups is 2. The molecule has 0 saturated heterocycles. The van der Waals surface area contributed by atoms with Crippen molar-refractivity contribution in [3.8, 4) is 6.07 Å². The number of nitriles is 1. The van der Waals surface area contributed by atoms with Gasteiger partial charge in [-0.2, -0.15) is 5.26 Å². The van der Waals surface area contributed by atoms with Crippen LogP contribution in [0.1, 0.15) is 22.5 Å². The van der Waals surface area contributed by atoms with Gasteiger partial charge in [-0.05, 0) is 42.8 Å². The molecule has 0 radical (unpaired) electrons. The Balaban J connectivity index is 2.13. The minimum absolute atomic E-state index is 0.0616. The van der Waals surface area contributed by atoms with Crippen LogP contribution < -0.4 is 4.90 Å². The first-order chi connectivity index (χ1) is 12.8. The lowest BCUT2D eigenvalue weighted by Gasteiger charge is -2.22. The molecule has 6 nitrogen and oxygen atoms in total. The molecule has 0 saturated carbocycles. The van der Waals surface area contributed by atoms with Gasteiger partial charge in [-0.1, -0.05) is 34.8 Å². The molecule has 1 aromatic carbocycles. The van der Waals surface area contributed by atoms with Gasteiger partial charge in [0.2, 0.25) is 0 Å². The van der Waals surface area contributed by atoms with Crippen molar-refractivity contribution in [3.05, 3.63) is 56.8 Å². The highest BCUT2D eigenvalue weighted by Gasteiger charge is 2.20. The number of hydrogen-bond acceptors (Lipinski definition) is 5. The van der Waals surface area contributed by atoms with Gasteiger partial charge in [0.15, 0.2) is 12.3 Å². The second kappa shape index (κ2) is 9.56. The van der Waals surface area contributed by atoms with Crippen molar-refractivity contribution in [1.29, 1.82) is 5.26 Å². The van der Waals surface area contributed by atoms with Gasteiger partial charge >= 0.3 is 5.97 Å². The summed E-state index contributed by atoms with van der Waals surface area (Å²) in [4.78, 5) is 29.8. The first-order valence-corrected chi connectivity index (χ1v) is 8.89. The maximum atomic E-state index is 12.6. The number of carbonyl (C=O) groups excluding carboxylic acids is 2. The number of aryl methyl sites for hydroxylation is 1. The van der Waals surface area contributed by atoms with E-state index in [9.17, 15) is 9.59 Å². The lowest BCUT2D eigenvalue weighted by Crippen LogP contribution is -2.35. The molecule has 0 bridgehead atoms. The summed E-state index contributed by atoms with van der Waals surface area (Å²) in [7, 11) is 0. The Morgan fingerprint density at radius 3 is 2.56 bits per heavy atom. The molecule has 0 aliphatic carbocycles. The fourth-order valence-corrected chi connectivity index (χ4v) is 2.64. The smallest absolute Gasteiger partial charge is 0.359 e. The van der Waals surface area contributed by atoms with Crippen LogP contribution in [0.2, 0.25) is 15.2 Å². The summed E-state index contributed by atoms with van der Waals surface area (Å²) in [5.74, 6) is -1.37. The summed E-state index contributed by atoms with van der Waals surface area (Å²) >= 11 is 17.7. The molecule has 0 aliphatic rings. The van der Waals surface area contributed by atoms with E-state index in [0.29, 0.717) is 10.7 Å². The van der Waals surface area contributed by atoms with Crippen molar-refractivity contribution in [2.24, 2.45) is 0 Å². The molecular weight excluding hydrogens is 413 g/mol. The lowest BCUT2D eigenvalue weighted by atomic mass is 10.2. The standard InChI is InChI=1S/C18H14Cl3N3O3/c1-11-9-12(3-4-13(11)19)24(8-2-7-22)16(25)10-27-18(26)17-14(20)5-6-15(21)23-17/h3-6,9H,2,8,10H2,1H3. The van der Waals surface area contributed by atoms with Gasteiger partial charge < -0.3 is 9.64 Å². The minimum atomic E-state index is -0.872. The van der Waals surface area contributed by atoms with E-state index >= 15 is 0 Å². The summed E-state index contributed by atoms with van der Waals surface area (Å²) in [6.45, 7) is 1.40. The number of aromatic nitrogens is 1. The molecule has 0 fully saturated rings. The predicted molar refractivity (Wildman–Crippen MR) is 103 cm³/mol. The molecule has 2 rings (SSSR count). The van der Waals surface area contributed by atoms with Crippen molar-refractivity contribution >= 4 is 52.4 Å². The summed E-state index contributed by atoms with van der Waals surface area (Å²) < 4.78 is 5.02. The number of amides is 1. The molecule has 2 aromatic rings. The largest absolute Gasteiger partial charge is 0.451 e. The Morgan fingerprint density at radius 2 is 1.89 bits per heavy atom. The van der Waals surface area contributed by atoms with E-state index in [1.807, 2.05) is 6.07 Å². The normalized spacial score (nSPS) is 10.2. The van der Waals surface area contributed by atoms with E-state index in [2.05, 4.69) is 4.98 Å². The van der Waals surface area contributed by atoms with Gasteiger partial charge in [0.05, 0.1) is 17.5 Å². The SMILES string of the molecule is Cc1cc(N(CCC#N)C(=O)COC(=O)c2nc(Cl)ccc2Cl)ccc1Cl. The van der Waals surface area contributed by atoms with Crippen molar-refractivity contribution in [3.63, 3.8) is 0 Å². The van der Waals surface area contributed by atoms with Gasteiger partial charge in [0.1, 0.15) is 5.15 Å². The summed E-state index contributed by atoms with van der Waals surface area (Å²) in [6, 6.07) is 9.85. The Labute approximate surface area is 171 Å². The molecule has 0 N–H and O–H groups in total. The van der Waals surface area contributed by atoms with Crippen LogP contribution in [0, 0.1) is 18.3 Å². The number of nitrogens with zero attached hydrogens (tertiary/aromatic N) is 3. The Bertz CT molecular complexity index is 912.